The van der Waals surface area contributed by atoms with Crippen molar-refractivity contribution in [1.82, 2.24) is 5.32 Å². The van der Waals surface area contributed by atoms with Crippen molar-refractivity contribution in [3.05, 3.63) is 59.7 Å². The zero-order chi connectivity index (χ0) is 18.8. The molecule has 0 aliphatic heterocycles. The maximum Gasteiger partial charge on any atom is 0.340 e. The Kier molecular flexibility index (Phi) is 7.49. The first kappa shape index (κ1) is 19.3. The van der Waals surface area contributed by atoms with E-state index in [1.165, 1.54) is 0 Å². The largest absolute Gasteiger partial charge is 0.473 e. The molecular weight excluding hydrogens is 332 g/mol. The smallest absolute Gasteiger partial charge is 0.340 e. The molecule has 2 rings (SSSR count). The predicted molar refractivity (Wildman–Crippen MR) is 100 cm³/mol. The van der Waals surface area contributed by atoms with Crippen molar-refractivity contribution in [2.24, 2.45) is 0 Å². The van der Waals surface area contributed by atoms with Crippen molar-refractivity contribution < 1.29 is 19.1 Å². The van der Waals surface area contributed by atoms with E-state index in [1.54, 1.807) is 24.3 Å². The van der Waals surface area contributed by atoms with Gasteiger partial charge in [-0.3, -0.25) is 0 Å². The number of unbranched alkanes of at least 4 members (excludes halogenated alkanes) is 1. The van der Waals surface area contributed by atoms with E-state index in [0.717, 1.165) is 18.4 Å². The van der Waals surface area contributed by atoms with Crippen molar-refractivity contribution in [2.45, 2.75) is 26.7 Å². The van der Waals surface area contributed by atoms with Gasteiger partial charge in [-0.2, -0.15) is 0 Å². The summed E-state index contributed by atoms with van der Waals surface area (Å²) in [5, 5.41) is 5.23. The fraction of sp³-hybridized carbons (Fsp3) is 0.300. The highest BCUT2D eigenvalue weighted by atomic mass is 16.5. The van der Waals surface area contributed by atoms with Gasteiger partial charge in [-0.05, 0) is 37.6 Å². The number of carbonyl (C=O) groups excluding carboxylic acids is 2. The van der Waals surface area contributed by atoms with E-state index < -0.39 is 12.0 Å². The number of para-hydroxylation sites is 1. The highest BCUT2D eigenvalue weighted by molar-refractivity contribution is 6.00. The second-order valence-corrected chi connectivity index (χ2v) is 5.77. The van der Waals surface area contributed by atoms with Gasteiger partial charge in [-0.15, -0.1) is 0 Å². The lowest BCUT2D eigenvalue weighted by Crippen LogP contribution is -2.32. The molecule has 138 valence electrons. The number of urea groups is 1. The van der Waals surface area contributed by atoms with Crippen LogP contribution in [0.3, 0.4) is 0 Å². The van der Waals surface area contributed by atoms with E-state index >= 15 is 0 Å². The standard InChI is InChI=1S/C20H24N2O4/c1-3-4-13-25-19(23)17-7-5-6-8-18(17)22-20(24)21-14-26-16-11-9-15(2)10-12-16/h5-12H,3-4,13-14H2,1-2H3,(H2,21,22,24). The molecule has 0 spiro atoms. The number of amides is 2. The van der Waals surface area contributed by atoms with E-state index in [2.05, 4.69) is 10.6 Å². The predicted octanol–water partition coefficient (Wildman–Crippen LogP) is 4.11. The van der Waals surface area contributed by atoms with Crippen LogP contribution in [0.15, 0.2) is 48.5 Å². The number of aryl methyl sites for hydroxylation is 1. The summed E-state index contributed by atoms with van der Waals surface area (Å²) in [5.74, 6) is 0.209. The molecule has 26 heavy (non-hydrogen) atoms. The minimum atomic E-state index is -0.467. The van der Waals surface area contributed by atoms with E-state index in [0.29, 0.717) is 23.6 Å². The molecule has 2 aromatic carbocycles. The van der Waals surface area contributed by atoms with E-state index in [1.807, 2.05) is 38.1 Å². The maximum absolute atomic E-state index is 12.1. The number of carbonyl (C=O) groups is 2. The number of nitrogens with one attached hydrogen (secondary N) is 2. The first-order valence-corrected chi connectivity index (χ1v) is 8.60. The topological polar surface area (TPSA) is 76.7 Å². The minimum absolute atomic E-state index is 0.0119. The molecule has 0 fully saturated rings. The summed E-state index contributed by atoms with van der Waals surface area (Å²) in [7, 11) is 0. The molecule has 0 aliphatic carbocycles. The molecule has 0 aliphatic rings. The molecule has 0 aromatic heterocycles. The van der Waals surface area contributed by atoms with Crippen LogP contribution >= 0.6 is 0 Å². The van der Waals surface area contributed by atoms with Crippen molar-refractivity contribution in [3.63, 3.8) is 0 Å². The second kappa shape index (κ2) is 10.1. The molecule has 0 atom stereocenters. The lowest BCUT2D eigenvalue weighted by atomic mass is 10.2. The van der Waals surface area contributed by atoms with E-state index in [4.69, 9.17) is 9.47 Å². The normalized spacial score (nSPS) is 10.1. The van der Waals surface area contributed by atoms with Crippen LogP contribution in [0.1, 0.15) is 35.7 Å². The Bertz CT molecular complexity index is 729. The molecule has 2 aromatic rings. The number of hydrogen-bond acceptors (Lipinski definition) is 4. The van der Waals surface area contributed by atoms with Gasteiger partial charge in [0.2, 0.25) is 0 Å². The summed E-state index contributed by atoms with van der Waals surface area (Å²) < 4.78 is 10.7. The summed E-state index contributed by atoms with van der Waals surface area (Å²) >= 11 is 0. The van der Waals surface area contributed by atoms with Crippen LogP contribution in [-0.4, -0.2) is 25.3 Å². The van der Waals surface area contributed by atoms with Crippen LogP contribution in [0.2, 0.25) is 0 Å². The van der Waals surface area contributed by atoms with Gasteiger partial charge in [0.25, 0.3) is 0 Å². The molecule has 0 heterocycles. The Morgan fingerprint density at radius 3 is 2.50 bits per heavy atom. The van der Waals surface area contributed by atoms with Crippen molar-refractivity contribution in [1.29, 1.82) is 0 Å². The quantitative estimate of drug-likeness (QED) is 0.424. The summed E-state index contributed by atoms with van der Waals surface area (Å²) in [6.45, 7) is 4.38. The third-order valence-corrected chi connectivity index (χ3v) is 3.62. The Hall–Kier alpha value is -3.02. The zero-order valence-electron chi connectivity index (χ0n) is 15.1. The summed E-state index contributed by atoms with van der Waals surface area (Å²) in [6.07, 6.45) is 1.74. The zero-order valence-corrected chi connectivity index (χ0v) is 15.1. The monoisotopic (exact) mass is 356 g/mol. The first-order valence-electron chi connectivity index (χ1n) is 8.60. The molecule has 2 amide bonds. The van der Waals surface area contributed by atoms with Gasteiger partial charge in [0.1, 0.15) is 5.75 Å². The van der Waals surface area contributed by atoms with Gasteiger partial charge in [0.15, 0.2) is 6.73 Å². The molecule has 2 N–H and O–H groups in total. The maximum atomic E-state index is 12.1. The number of esters is 1. The van der Waals surface area contributed by atoms with Crippen LogP contribution in [0.25, 0.3) is 0 Å². The molecule has 0 saturated heterocycles. The summed E-state index contributed by atoms with van der Waals surface area (Å²) in [6, 6.07) is 13.8. The Labute approximate surface area is 153 Å². The van der Waals surface area contributed by atoms with Gasteiger partial charge in [-0.25, -0.2) is 9.59 Å². The average molecular weight is 356 g/mol. The Balaban J connectivity index is 1.86. The lowest BCUT2D eigenvalue weighted by molar-refractivity contribution is 0.0501. The highest BCUT2D eigenvalue weighted by Gasteiger charge is 2.14. The lowest BCUT2D eigenvalue weighted by Gasteiger charge is -2.12. The minimum Gasteiger partial charge on any atom is -0.473 e. The van der Waals surface area contributed by atoms with Gasteiger partial charge >= 0.3 is 12.0 Å². The Morgan fingerprint density at radius 2 is 1.77 bits per heavy atom. The highest BCUT2D eigenvalue weighted by Crippen LogP contribution is 2.16. The van der Waals surface area contributed by atoms with Crippen molar-refractivity contribution in [2.75, 3.05) is 18.7 Å². The second-order valence-electron chi connectivity index (χ2n) is 5.77. The van der Waals surface area contributed by atoms with Crippen molar-refractivity contribution >= 4 is 17.7 Å². The SMILES string of the molecule is CCCCOC(=O)c1ccccc1NC(=O)NCOc1ccc(C)cc1. The molecule has 0 bridgehead atoms. The third-order valence-electron chi connectivity index (χ3n) is 3.62. The van der Waals surface area contributed by atoms with E-state index in [9.17, 15) is 9.59 Å². The first-order chi connectivity index (χ1) is 12.6. The Morgan fingerprint density at radius 1 is 1.04 bits per heavy atom. The average Bonchev–Trinajstić information content (AvgIpc) is 2.64. The number of ether oxygens (including phenoxy) is 2. The molecule has 0 unspecified atom stereocenters. The summed E-state index contributed by atoms with van der Waals surface area (Å²) in [4.78, 5) is 24.2. The number of hydrogen-bond donors (Lipinski definition) is 2. The van der Waals surface area contributed by atoms with E-state index in [-0.39, 0.29) is 6.73 Å². The summed E-state index contributed by atoms with van der Waals surface area (Å²) in [5.41, 5.74) is 1.84. The van der Waals surface area contributed by atoms with Gasteiger partial charge in [0.05, 0.1) is 17.9 Å². The van der Waals surface area contributed by atoms with Crippen LogP contribution in [0.4, 0.5) is 10.5 Å². The van der Waals surface area contributed by atoms with Gasteiger partial charge in [-0.1, -0.05) is 43.2 Å². The molecule has 0 radical (unpaired) electrons. The van der Waals surface area contributed by atoms with Crippen LogP contribution in [-0.2, 0) is 4.74 Å². The molecule has 6 heteroatoms. The van der Waals surface area contributed by atoms with Crippen LogP contribution in [0.5, 0.6) is 5.75 Å². The van der Waals surface area contributed by atoms with Gasteiger partial charge in [0, 0.05) is 0 Å². The van der Waals surface area contributed by atoms with Crippen LogP contribution in [0, 0.1) is 6.92 Å². The third kappa shape index (κ3) is 6.12. The molecule has 0 saturated carbocycles. The molecular formula is C20H24N2O4. The number of rotatable bonds is 8. The molecule has 6 nitrogen and oxygen atoms in total. The fourth-order valence-corrected chi connectivity index (χ4v) is 2.14. The van der Waals surface area contributed by atoms with Gasteiger partial charge < -0.3 is 20.1 Å². The fourth-order valence-electron chi connectivity index (χ4n) is 2.14. The number of anilines is 1. The van der Waals surface area contributed by atoms with Crippen LogP contribution < -0.4 is 15.4 Å². The number of benzene rings is 2. The van der Waals surface area contributed by atoms with Crippen molar-refractivity contribution in [3.8, 4) is 5.75 Å².